The Hall–Kier alpha value is -1.73. The highest BCUT2D eigenvalue weighted by Crippen LogP contribution is 2.20. The number of benzene rings is 1. The molecule has 0 bridgehead atoms. The first-order valence-electron chi connectivity index (χ1n) is 7.60. The molecule has 0 radical (unpaired) electrons. The molecule has 0 unspecified atom stereocenters. The normalized spacial score (nSPS) is 15.9. The minimum absolute atomic E-state index is 0.0571. The molecule has 0 saturated carbocycles. The molecule has 2 aromatic rings. The van der Waals surface area contributed by atoms with Crippen LogP contribution in [0.5, 0.6) is 0 Å². The summed E-state index contributed by atoms with van der Waals surface area (Å²) in [4.78, 5) is 14.5. The number of nitrogens with zero attached hydrogens (tertiary/aromatic N) is 4. The molecular formula is C16H19BrN4O2. The fraction of sp³-hybridized carbons (Fsp3) is 0.438. The Bertz CT molecular complexity index is 708. The van der Waals surface area contributed by atoms with E-state index in [2.05, 4.69) is 26.2 Å². The lowest BCUT2D eigenvalue weighted by Gasteiger charge is -2.30. The van der Waals surface area contributed by atoms with Crippen LogP contribution in [0.25, 0.3) is 5.69 Å². The van der Waals surface area contributed by atoms with Gasteiger partial charge < -0.3 is 9.64 Å². The Kier molecular flexibility index (Phi) is 4.77. The lowest BCUT2D eigenvalue weighted by molar-refractivity contribution is 0.0347. The summed E-state index contributed by atoms with van der Waals surface area (Å²) in [6.07, 6.45) is 1.97. The lowest BCUT2D eigenvalue weighted by atomic mass is 10.1. The number of hydrogen-bond acceptors (Lipinski definition) is 4. The van der Waals surface area contributed by atoms with E-state index in [1.54, 1.807) is 11.8 Å². The average Bonchev–Trinajstić information content (AvgIpc) is 2.96. The molecule has 23 heavy (non-hydrogen) atoms. The highest BCUT2D eigenvalue weighted by atomic mass is 79.9. The molecule has 0 N–H and O–H groups in total. The average molecular weight is 379 g/mol. The maximum absolute atomic E-state index is 12.7. The summed E-state index contributed by atoms with van der Waals surface area (Å²) < 4.78 is 8.00. The summed E-state index contributed by atoms with van der Waals surface area (Å²) in [7, 11) is 1.72. The number of carbonyl (C=O) groups is 1. The van der Waals surface area contributed by atoms with Crippen molar-refractivity contribution in [3.05, 3.63) is 40.1 Å². The van der Waals surface area contributed by atoms with E-state index in [-0.39, 0.29) is 12.0 Å². The molecular weight excluding hydrogens is 360 g/mol. The Morgan fingerprint density at radius 2 is 2.09 bits per heavy atom. The maximum atomic E-state index is 12.7. The van der Waals surface area contributed by atoms with Crippen molar-refractivity contribution in [2.24, 2.45) is 0 Å². The van der Waals surface area contributed by atoms with Gasteiger partial charge in [-0.2, -0.15) is 0 Å². The van der Waals surface area contributed by atoms with Crippen molar-refractivity contribution in [1.29, 1.82) is 0 Å². The second-order valence-electron chi connectivity index (χ2n) is 5.64. The predicted octanol–water partition coefficient (Wildman–Crippen LogP) is 2.59. The first-order valence-corrected chi connectivity index (χ1v) is 8.39. The highest BCUT2D eigenvalue weighted by Gasteiger charge is 2.27. The van der Waals surface area contributed by atoms with Gasteiger partial charge in [0.2, 0.25) is 0 Å². The summed E-state index contributed by atoms with van der Waals surface area (Å²) in [5.74, 6) is -0.0571. The van der Waals surface area contributed by atoms with Crippen molar-refractivity contribution in [2.45, 2.75) is 25.9 Å². The number of halogens is 1. The van der Waals surface area contributed by atoms with Crippen LogP contribution in [0.3, 0.4) is 0 Å². The third-order valence-corrected chi connectivity index (χ3v) is 4.71. The summed E-state index contributed by atoms with van der Waals surface area (Å²) in [5.41, 5.74) is 2.05. The van der Waals surface area contributed by atoms with Gasteiger partial charge in [0.05, 0.1) is 17.5 Å². The molecule has 0 atom stereocenters. The predicted molar refractivity (Wildman–Crippen MR) is 89.7 cm³/mol. The molecule has 1 aliphatic heterocycles. The van der Waals surface area contributed by atoms with Crippen molar-refractivity contribution in [2.75, 3.05) is 20.2 Å². The molecule has 1 aromatic carbocycles. The lowest BCUT2D eigenvalue weighted by Crippen LogP contribution is -2.41. The quantitative estimate of drug-likeness (QED) is 0.823. The van der Waals surface area contributed by atoms with Gasteiger partial charge in [0, 0.05) is 24.7 Å². The summed E-state index contributed by atoms with van der Waals surface area (Å²) in [6, 6.07) is 7.75. The standard InChI is InChI=1S/C16H19BrN4O2/c1-11-15(16(22)20-8-6-14(23-2)7-9-20)18-19-21(11)13-5-3-4-12(17)10-13/h3-5,10,14H,6-9H2,1-2H3. The van der Waals surface area contributed by atoms with Gasteiger partial charge in [-0.05, 0) is 38.0 Å². The minimum Gasteiger partial charge on any atom is -0.381 e. The zero-order chi connectivity index (χ0) is 16.4. The number of ether oxygens (including phenoxy) is 1. The minimum atomic E-state index is -0.0571. The van der Waals surface area contributed by atoms with Crippen LogP contribution < -0.4 is 0 Å². The van der Waals surface area contributed by atoms with Crippen LogP contribution in [-0.4, -0.2) is 52.1 Å². The fourth-order valence-electron chi connectivity index (χ4n) is 2.82. The number of carbonyl (C=O) groups excluding carboxylic acids is 1. The Labute approximate surface area is 143 Å². The summed E-state index contributed by atoms with van der Waals surface area (Å²) >= 11 is 3.45. The zero-order valence-electron chi connectivity index (χ0n) is 13.2. The molecule has 1 saturated heterocycles. The molecule has 0 aliphatic carbocycles. The Morgan fingerprint density at radius 3 is 2.74 bits per heavy atom. The van der Waals surface area contributed by atoms with E-state index < -0.39 is 0 Å². The van der Waals surface area contributed by atoms with Gasteiger partial charge in [0.1, 0.15) is 0 Å². The van der Waals surface area contributed by atoms with Gasteiger partial charge in [-0.3, -0.25) is 4.79 Å². The fourth-order valence-corrected chi connectivity index (χ4v) is 3.21. The van der Waals surface area contributed by atoms with Gasteiger partial charge in [0.25, 0.3) is 5.91 Å². The number of hydrogen-bond donors (Lipinski definition) is 0. The third-order valence-electron chi connectivity index (χ3n) is 4.21. The number of piperidine rings is 1. The van der Waals surface area contributed by atoms with E-state index >= 15 is 0 Å². The van der Waals surface area contributed by atoms with E-state index in [0.29, 0.717) is 18.8 Å². The smallest absolute Gasteiger partial charge is 0.276 e. The molecule has 1 aromatic heterocycles. The maximum Gasteiger partial charge on any atom is 0.276 e. The number of likely N-dealkylation sites (tertiary alicyclic amines) is 1. The first-order chi connectivity index (χ1) is 11.1. The molecule has 0 spiro atoms. The molecule has 1 amide bonds. The number of methoxy groups -OCH3 is 1. The summed E-state index contributed by atoms with van der Waals surface area (Å²) in [6.45, 7) is 3.26. The van der Waals surface area contributed by atoms with Crippen molar-refractivity contribution in [3.8, 4) is 5.69 Å². The molecule has 2 heterocycles. The van der Waals surface area contributed by atoms with Gasteiger partial charge in [0.15, 0.2) is 5.69 Å². The van der Waals surface area contributed by atoms with Crippen LogP contribution in [0.15, 0.2) is 28.7 Å². The van der Waals surface area contributed by atoms with E-state index in [0.717, 1.165) is 28.7 Å². The topological polar surface area (TPSA) is 60.2 Å². The zero-order valence-corrected chi connectivity index (χ0v) is 14.8. The monoisotopic (exact) mass is 378 g/mol. The Morgan fingerprint density at radius 1 is 1.35 bits per heavy atom. The van der Waals surface area contributed by atoms with Crippen LogP contribution in [0.1, 0.15) is 29.0 Å². The SMILES string of the molecule is COC1CCN(C(=O)c2nnn(-c3cccc(Br)c3)c2C)CC1. The summed E-state index contributed by atoms with van der Waals surface area (Å²) in [5, 5.41) is 8.26. The Balaban J connectivity index is 1.80. The molecule has 7 heteroatoms. The van der Waals surface area contributed by atoms with Crippen molar-refractivity contribution >= 4 is 21.8 Å². The van der Waals surface area contributed by atoms with E-state index in [1.165, 1.54) is 0 Å². The van der Waals surface area contributed by atoms with E-state index in [9.17, 15) is 4.79 Å². The van der Waals surface area contributed by atoms with Gasteiger partial charge >= 0.3 is 0 Å². The van der Waals surface area contributed by atoms with E-state index in [1.807, 2.05) is 36.1 Å². The van der Waals surface area contributed by atoms with Gasteiger partial charge in [-0.1, -0.05) is 27.2 Å². The molecule has 1 aliphatic rings. The van der Waals surface area contributed by atoms with Crippen molar-refractivity contribution in [1.82, 2.24) is 19.9 Å². The van der Waals surface area contributed by atoms with E-state index in [4.69, 9.17) is 4.74 Å². The van der Waals surface area contributed by atoms with Crippen LogP contribution >= 0.6 is 15.9 Å². The largest absolute Gasteiger partial charge is 0.381 e. The number of rotatable bonds is 3. The van der Waals surface area contributed by atoms with Gasteiger partial charge in [-0.25, -0.2) is 4.68 Å². The second kappa shape index (κ2) is 6.80. The van der Waals surface area contributed by atoms with Crippen LogP contribution in [0.2, 0.25) is 0 Å². The first kappa shape index (κ1) is 16.1. The van der Waals surface area contributed by atoms with Crippen molar-refractivity contribution < 1.29 is 9.53 Å². The highest BCUT2D eigenvalue weighted by molar-refractivity contribution is 9.10. The van der Waals surface area contributed by atoms with Crippen LogP contribution in [0, 0.1) is 6.92 Å². The second-order valence-corrected chi connectivity index (χ2v) is 6.56. The number of amides is 1. The third kappa shape index (κ3) is 3.30. The van der Waals surface area contributed by atoms with Crippen LogP contribution in [0.4, 0.5) is 0 Å². The molecule has 1 fully saturated rings. The van der Waals surface area contributed by atoms with Gasteiger partial charge in [-0.15, -0.1) is 5.10 Å². The van der Waals surface area contributed by atoms with Crippen LogP contribution in [-0.2, 0) is 4.74 Å². The molecule has 6 nitrogen and oxygen atoms in total. The number of aromatic nitrogens is 3. The molecule has 122 valence electrons. The van der Waals surface area contributed by atoms with Crippen molar-refractivity contribution in [3.63, 3.8) is 0 Å². The molecule has 3 rings (SSSR count).